The predicted octanol–water partition coefficient (Wildman–Crippen LogP) is 6.45. The second-order valence-corrected chi connectivity index (χ2v) is 7.71. The first kappa shape index (κ1) is 21.7. The zero-order valence-corrected chi connectivity index (χ0v) is 18.3. The molecule has 0 unspecified atom stereocenters. The van der Waals surface area contributed by atoms with Crippen LogP contribution in [0, 0.1) is 0 Å². The van der Waals surface area contributed by atoms with Crippen molar-refractivity contribution in [2.45, 2.75) is 0 Å². The van der Waals surface area contributed by atoms with E-state index in [1.165, 1.54) is 6.21 Å². The molecule has 0 saturated heterocycles. The van der Waals surface area contributed by atoms with Crippen LogP contribution in [-0.4, -0.2) is 18.7 Å². The number of halogens is 2. The van der Waals surface area contributed by atoms with Crippen LogP contribution in [0.25, 0.3) is 22.5 Å². The maximum absolute atomic E-state index is 12.0. The van der Waals surface area contributed by atoms with Crippen molar-refractivity contribution in [1.82, 2.24) is 5.43 Å². The van der Waals surface area contributed by atoms with Gasteiger partial charge < -0.3 is 9.15 Å². The smallest absolute Gasteiger partial charge is 0.277 e. The number of nitrogens with one attached hydrogen (secondary N) is 1. The Morgan fingerprint density at radius 3 is 2.28 bits per heavy atom. The Morgan fingerprint density at radius 1 is 0.875 bits per heavy atom. The molecule has 7 heteroatoms. The number of benzene rings is 3. The topological polar surface area (TPSA) is 63.8 Å². The lowest BCUT2D eigenvalue weighted by atomic mass is 10.1. The van der Waals surface area contributed by atoms with E-state index in [-0.39, 0.29) is 12.5 Å². The van der Waals surface area contributed by atoms with Gasteiger partial charge in [-0.1, -0.05) is 65.7 Å². The van der Waals surface area contributed by atoms with E-state index in [1.54, 1.807) is 30.3 Å². The van der Waals surface area contributed by atoms with E-state index in [9.17, 15) is 4.79 Å². The lowest BCUT2D eigenvalue weighted by molar-refractivity contribution is -0.123. The van der Waals surface area contributed by atoms with Crippen LogP contribution in [0.3, 0.4) is 0 Å². The molecule has 1 amide bonds. The molecular weight excluding hydrogens is 447 g/mol. The second-order valence-electron chi connectivity index (χ2n) is 6.83. The fourth-order valence-corrected chi connectivity index (χ4v) is 3.52. The van der Waals surface area contributed by atoms with Gasteiger partial charge in [0.2, 0.25) is 0 Å². The average Bonchev–Trinajstić information content (AvgIpc) is 3.27. The van der Waals surface area contributed by atoms with Crippen molar-refractivity contribution in [1.29, 1.82) is 0 Å². The van der Waals surface area contributed by atoms with Gasteiger partial charge in [0.25, 0.3) is 5.91 Å². The Kier molecular flexibility index (Phi) is 6.90. The molecule has 0 saturated carbocycles. The van der Waals surface area contributed by atoms with E-state index < -0.39 is 0 Å². The SMILES string of the molecule is O=C(COc1ccc(-c2ccccc2)cc1)N/N=C/c1ccc(-c2cc(Cl)cc(Cl)c2)o1. The second kappa shape index (κ2) is 10.2. The first-order valence-corrected chi connectivity index (χ1v) is 10.5. The highest BCUT2D eigenvalue weighted by atomic mass is 35.5. The van der Waals surface area contributed by atoms with Crippen LogP contribution in [0.4, 0.5) is 0 Å². The number of hydrogen-bond acceptors (Lipinski definition) is 4. The number of hydrazone groups is 1. The molecule has 3 aromatic carbocycles. The molecule has 0 bridgehead atoms. The summed E-state index contributed by atoms with van der Waals surface area (Å²) in [5, 5.41) is 4.93. The van der Waals surface area contributed by atoms with E-state index >= 15 is 0 Å². The summed E-state index contributed by atoms with van der Waals surface area (Å²) in [6, 6.07) is 26.2. The Hall–Kier alpha value is -3.54. The van der Waals surface area contributed by atoms with Gasteiger partial charge in [-0.15, -0.1) is 0 Å². The maximum atomic E-state index is 12.0. The minimum Gasteiger partial charge on any atom is -0.484 e. The Balaban J connectivity index is 1.27. The van der Waals surface area contributed by atoms with Gasteiger partial charge in [0, 0.05) is 15.6 Å². The molecule has 0 spiro atoms. The molecule has 4 rings (SSSR count). The molecule has 0 radical (unpaired) electrons. The molecule has 0 fully saturated rings. The molecule has 1 aromatic heterocycles. The summed E-state index contributed by atoms with van der Waals surface area (Å²) in [7, 11) is 0. The molecular formula is C25H18Cl2N2O3. The van der Waals surface area contributed by atoms with Crippen LogP contribution in [0.5, 0.6) is 5.75 Å². The lowest BCUT2D eigenvalue weighted by Crippen LogP contribution is -2.24. The summed E-state index contributed by atoms with van der Waals surface area (Å²) in [4.78, 5) is 12.0. The van der Waals surface area contributed by atoms with Gasteiger partial charge in [0.1, 0.15) is 17.3 Å². The van der Waals surface area contributed by atoms with Gasteiger partial charge in [0.15, 0.2) is 6.61 Å². The van der Waals surface area contributed by atoms with Gasteiger partial charge in [-0.2, -0.15) is 5.10 Å². The fraction of sp³-hybridized carbons (Fsp3) is 0.0400. The third kappa shape index (κ3) is 5.78. The van der Waals surface area contributed by atoms with Crippen molar-refractivity contribution in [2.24, 2.45) is 5.10 Å². The Bertz CT molecular complexity index is 1220. The largest absolute Gasteiger partial charge is 0.484 e. The molecule has 32 heavy (non-hydrogen) atoms. The highest BCUT2D eigenvalue weighted by Gasteiger charge is 2.07. The van der Waals surface area contributed by atoms with Gasteiger partial charge in [-0.05, 0) is 53.6 Å². The zero-order chi connectivity index (χ0) is 22.3. The number of rotatable bonds is 7. The van der Waals surface area contributed by atoms with Gasteiger partial charge in [0.05, 0.1) is 6.21 Å². The molecule has 0 aliphatic heterocycles. The summed E-state index contributed by atoms with van der Waals surface area (Å²) >= 11 is 12.0. The molecule has 0 atom stereocenters. The maximum Gasteiger partial charge on any atom is 0.277 e. The predicted molar refractivity (Wildman–Crippen MR) is 127 cm³/mol. The average molecular weight is 465 g/mol. The number of carbonyl (C=O) groups excluding carboxylic acids is 1. The summed E-state index contributed by atoms with van der Waals surface area (Å²) in [5.74, 6) is 1.26. The fourth-order valence-electron chi connectivity index (χ4n) is 3.00. The van der Waals surface area contributed by atoms with Crippen molar-refractivity contribution in [3.63, 3.8) is 0 Å². The molecule has 0 aliphatic rings. The Morgan fingerprint density at radius 2 is 1.56 bits per heavy atom. The van der Waals surface area contributed by atoms with Crippen LogP contribution in [0.15, 0.2) is 94.4 Å². The van der Waals surface area contributed by atoms with E-state index in [2.05, 4.69) is 10.5 Å². The van der Waals surface area contributed by atoms with Gasteiger partial charge in [-0.3, -0.25) is 4.79 Å². The van der Waals surface area contributed by atoms with E-state index in [0.29, 0.717) is 27.3 Å². The van der Waals surface area contributed by atoms with Crippen LogP contribution >= 0.6 is 23.2 Å². The van der Waals surface area contributed by atoms with Crippen LogP contribution in [0.1, 0.15) is 5.76 Å². The molecule has 4 aromatic rings. The van der Waals surface area contributed by atoms with E-state index in [1.807, 2.05) is 54.6 Å². The highest BCUT2D eigenvalue weighted by Crippen LogP contribution is 2.28. The van der Waals surface area contributed by atoms with Crippen molar-refractivity contribution in [3.8, 4) is 28.2 Å². The number of ether oxygens (including phenoxy) is 1. The molecule has 1 N–H and O–H groups in total. The van der Waals surface area contributed by atoms with Gasteiger partial charge >= 0.3 is 0 Å². The minimum atomic E-state index is -0.387. The molecule has 1 heterocycles. The van der Waals surface area contributed by atoms with Crippen LogP contribution < -0.4 is 10.2 Å². The standard InChI is InChI=1S/C25H18Cl2N2O3/c26-20-12-19(13-21(27)14-20)24-11-10-23(32-24)15-28-29-25(30)16-31-22-8-6-18(7-9-22)17-4-2-1-3-5-17/h1-15H,16H2,(H,29,30)/b28-15+. The molecule has 5 nitrogen and oxygen atoms in total. The quantitative estimate of drug-likeness (QED) is 0.252. The summed E-state index contributed by atoms with van der Waals surface area (Å²) in [6.45, 7) is -0.160. The summed E-state index contributed by atoms with van der Waals surface area (Å²) in [5.41, 5.74) is 5.35. The molecule has 160 valence electrons. The monoisotopic (exact) mass is 464 g/mol. The highest BCUT2D eigenvalue weighted by molar-refractivity contribution is 6.35. The van der Waals surface area contributed by atoms with E-state index in [0.717, 1.165) is 16.7 Å². The number of hydrogen-bond donors (Lipinski definition) is 1. The van der Waals surface area contributed by atoms with E-state index in [4.69, 9.17) is 32.4 Å². The number of amides is 1. The minimum absolute atomic E-state index is 0.160. The Labute approximate surface area is 195 Å². The van der Waals surface area contributed by atoms with Crippen molar-refractivity contribution in [2.75, 3.05) is 6.61 Å². The van der Waals surface area contributed by atoms with Crippen molar-refractivity contribution >= 4 is 35.3 Å². The third-order valence-corrected chi connectivity index (χ3v) is 4.92. The van der Waals surface area contributed by atoms with Crippen molar-refractivity contribution in [3.05, 3.63) is 101 Å². The normalized spacial score (nSPS) is 10.9. The lowest BCUT2D eigenvalue weighted by Gasteiger charge is -2.06. The first-order chi connectivity index (χ1) is 15.6. The van der Waals surface area contributed by atoms with Crippen LogP contribution in [0.2, 0.25) is 10.0 Å². The summed E-state index contributed by atoms with van der Waals surface area (Å²) in [6.07, 6.45) is 1.40. The third-order valence-electron chi connectivity index (χ3n) is 4.49. The van der Waals surface area contributed by atoms with Gasteiger partial charge in [-0.25, -0.2) is 5.43 Å². The molecule has 0 aliphatic carbocycles. The number of nitrogens with zero attached hydrogens (tertiary/aromatic N) is 1. The zero-order valence-electron chi connectivity index (χ0n) is 16.8. The van der Waals surface area contributed by atoms with Crippen molar-refractivity contribution < 1.29 is 13.9 Å². The van der Waals surface area contributed by atoms with Crippen LogP contribution in [-0.2, 0) is 4.79 Å². The number of furan rings is 1. The number of carbonyl (C=O) groups is 1. The summed E-state index contributed by atoms with van der Waals surface area (Å²) < 4.78 is 11.2. The first-order valence-electron chi connectivity index (χ1n) is 9.73.